The molecule has 1 fully saturated rings. The van der Waals surface area contributed by atoms with Crippen molar-refractivity contribution in [3.8, 4) is 0 Å². The van der Waals surface area contributed by atoms with Crippen LogP contribution in [0.1, 0.15) is 43.1 Å². The minimum absolute atomic E-state index is 0.123. The molecule has 29 heavy (non-hydrogen) atoms. The zero-order valence-electron chi connectivity index (χ0n) is 17.4. The summed E-state index contributed by atoms with van der Waals surface area (Å²) in [5.74, 6) is 0.992. The average Bonchev–Trinajstić information content (AvgIpc) is 3.10. The lowest BCUT2D eigenvalue weighted by Crippen LogP contribution is -2.36. The van der Waals surface area contributed by atoms with Gasteiger partial charge in [-0.1, -0.05) is 23.9 Å². The topological polar surface area (TPSA) is 80.1 Å². The lowest BCUT2D eigenvalue weighted by Gasteiger charge is -2.26. The number of nitrogens with one attached hydrogen (secondary N) is 1. The van der Waals surface area contributed by atoms with E-state index in [9.17, 15) is 9.59 Å². The molecule has 0 aliphatic carbocycles. The quantitative estimate of drug-likeness (QED) is 0.703. The summed E-state index contributed by atoms with van der Waals surface area (Å²) in [5, 5.41) is 12.1. The van der Waals surface area contributed by atoms with Crippen molar-refractivity contribution in [2.45, 2.75) is 58.2 Å². The first-order valence-electron chi connectivity index (χ1n) is 10.2. The molecule has 3 rings (SSSR count). The summed E-state index contributed by atoms with van der Waals surface area (Å²) in [5.41, 5.74) is 2.94. The molecule has 1 saturated heterocycles. The molecule has 156 valence electrons. The van der Waals surface area contributed by atoms with Crippen molar-refractivity contribution >= 4 is 29.3 Å². The van der Waals surface area contributed by atoms with Crippen LogP contribution in [0.25, 0.3) is 0 Å². The molecule has 1 aliphatic rings. The van der Waals surface area contributed by atoms with Crippen molar-refractivity contribution in [1.82, 2.24) is 19.7 Å². The molecule has 0 spiro atoms. The summed E-state index contributed by atoms with van der Waals surface area (Å²) >= 11 is 1.40. The minimum atomic E-state index is -0.123. The monoisotopic (exact) mass is 415 g/mol. The van der Waals surface area contributed by atoms with Gasteiger partial charge in [-0.25, -0.2) is 0 Å². The van der Waals surface area contributed by atoms with Crippen LogP contribution in [0.3, 0.4) is 0 Å². The van der Waals surface area contributed by atoms with Crippen LogP contribution in [0.15, 0.2) is 23.4 Å². The SMILES string of the molecule is CCn1c(CC(=O)Nc2cc(C)ccc2C)nnc1SCC(=O)N1CCCCC1. The Kier molecular flexibility index (Phi) is 7.30. The highest BCUT2D eigenvalue weighted by atomic mass is 32.2. The van der Waals surface area contributed by atoms with Crippen LogP contribution >= 0.6 is 11.8 Å². The second-order valence-electron chi connectivity index (χ2n) is 7.42. The third-order valence-electron chi connectivity index (χ3n) is 5.13. The Hall–Kier alpha value is -2.35. The van der Waals surface area contributed by atoms with E-state index in [1.807, 2.05) is 48.4 Å². The molecule has 0 atom stereocenters. The van der Waals surface area contributed by atoms with Gasteiger partial charge in [0.2, 0.25) is 11.8 Å². The summed E-state index contributed by atoms with van der Waals surface area (Å²) in [6, 6.07) is 5.98. The van der Waals surface area contributed by atoms with Crippen LogP contribution in [-0.4, -0.2) is 50.3 Å². The molecule has 2 amide bonds. The fourth-order valence-electron chi connectivity index (χ4n) is 3.44. The zero-order chi connectivity index (χ0) is 20.8. The van der Waals surface area contributed by atoms with Gasteiger partial charge >= 0.3 is 0 Å². The third-order valence-corrected chi connectivity index (χ3v) is 6.08. The number of aromatic nitrogens is 3. The average molecular weight is 416 g/mol. The molecule has 1 aromatic carbocycles. The number of hydrogen-bond acceptors (Lipinski definition) is 5. The van der Waals surface area contributed by atoms with Crippen molar-refractivity contribution in [2.24, 2.45) is 0 Å². The van der Waals surface area contributed by atoms with Gasteiger partial charge in [0.1, 0.15) is 5.82 Å². The predicted octanol–water partition coefficient (Wildman–Crippen LogP) is 3.20. The van der Waals surface area contributed by atoms with E-state index >= 15 is 0 Å². The molecular formula is C21H29N5O2S. The molecular weight excluding hydrogens is 386 g/mol. The third kappa shape index (κ3) is 5.59. The second-order valence-corrected chi connectivity index (χ2v) is 8.36. The summed E-state index contributed by atoms with van der Waals surface area (Å²) in [6.45, 7) is 8.31. The van der Waals surface area contributed by atoms with Gasteiger partial charge in [-0.05, 0) is 57.2 Å². The number of piperidine rings is 1. The first-order chi connectivity index (χ1) is 14.0. The highest BCUT2D eigenvalue weighted by molar-refractivity contribution is 7.99. The van der Waals surface area contributed by atoms with E-state index < -0.39 is 0 Å². The van der Waals surface area contributed by atoms with E-state index in [1.165, 1.54) is 18.2 Å². The van der Waals surface area contributed by atoms with Gasteiger partial charge in [-0.15, -0.1) is 10.2 Å². The Morgan fingerprint density at radius 1 is 1.14 bits per heavy atom. The van der Waals surface area contributed by atoms with Crippen molar-refractivity contribution in [1.29, 1.82) is 0 Å². The van der Waals surface area contributed by atoms with E-state index in [0.717, 1.165) is 42.7 Å². The van der Waals surface area contributed by atoms with Gasteiger partial charge in [0.15, 0.2) is 5.16 Å². The van der Waals surface area contributed by atoms with Crippen molar-refractivity contribution in [2.75, 3.05) is 24.2 Å². The Morgan fingerprint density at radius 3 is 2.62 bits per heavy atom. The van der Waals surface area contributed by atoms with E-state index in [2.05, 4.69) is 15.5 Å². The smallest absolute Gasteiger partial charge is 0.233 e. The number of carbonyl (C=O) groups is 2. The molecule has 1 N–H and O–H groups in total. The summed E-state index contributed by atoms with van der Waals surface area (Å²) < 4.78 is 1.91. The number of carbonyl (C=O) groups excluding carboxylic acids is 2. The first kappa shape index (κ1) is 21.4. The Morgan fingerprint density at radius 2 is 1.90 bits per heavy atom. The lowest BCUT2D eigenvalue weighted by atomic mass is 10.1. The Labute approximate surface area is 176 Å². The van der Waals surface area contributed by atoms with Gasteiger partial charge in [0.25, 0.3) is 0 Å². The lowest BCUT2D eigenvalue weighted by molar-refractivity contribution is -0.129. The number of amides is 2. The predicted molar refractivity (Wildman–Crippen MR) is 115 cm³/mol. The highest BCUT2D eigenvalue weighted by Crippen LogP contribution is 2.20. The Bertz CT molecular complexity index is 874. The fourth-order valence-corrected chi connectivity index (χ4v) is 4.37. The molecule has 1 aromatic heterocycles. The Balaban J connectivity index is 1.60. The molecule has 7 nitrogen and oxygen atoms in total. The summed E-state index contributed by atoms with van der Waals surface area (Å²) in [7, 11) is 0. The van der Waals surface area contributed by atoms with Crippen LogP contribution in [-0.2, 0) is 22.6 Å². The summed E-state index contributed by atoms with van der Waals surface area (Å²) in [6.07, 6.45) is 3.52. The van der Waals surface area contributed by atoms with Crippen molar-refractivity contribution in [3.05, 3.63) is 35.2 Å². The maximum Gasteiger partial charge on any atom is 0.233 e. The zero-order valence-corrected chi connectivity index (χ0v) is 18.2. The minimum Gasteiger partial charge on any atom is -0.342 e. The van der Waals surface area contributed by atoms with Crippen LogP contribution in [0, 0.1) is 13.8 Å². The highest BCUT2D eigenvalue weighted by Gasteiger charge is 2.20. The number of likely N-dealkylation sites (tertiary alicyclic amines) is 1. The molecule has 2 heterocycles. The number of aryl methyl sites for hydroxylation is 2. The molecule has 8 heteroatoms. The number of thioether (sulfide) groups is 1. The maximum atomic E-state index is 12.5. The van der Waals surface area contributed by atoms with E-state index in [4.69, 9.17) is 0 Å². The van der Waals surface area contributed by atoms with Crippen LogP contribution in [0.2, 0.25) is 0 Å². The molecule has 0 radical (unpaired) electrons. The fraction of sp³-hybridized carbons (Fsp3) is 0.524. The van der Waals surface area contributed by atoms with E-state index in [1.54, 1.807) is 0 Å². The first-order valence-corrected chi connectivity index (χ1v) is 11.2. The van der Waals surface area contributed by atoms with E-state index in [-0.39, 0.29) is 18.2 Å². The number of nitrogens with zero attached hydrogens (tertiary/aromatic N) is 4. The maximum absolute atomic E-state index is 12.5. The number of benzene rings is 1. The number of hydrogen-bond donors (Lipinski definition) is 1. The molecule has 0 unspecified atom stereocenters. The molecule has 0 saturated carbocycles. The van der Waals surface area contributed by atoms with Crippen molar-refractivity contribution < 1.29 is 9.59 Å². The number of rotatable bonds is 7. The number of anilines is 1. The molecule has 1 aliphatic heterocycles. The van der Waals surface area contributed by atoms with Gasteiger partial charge in [-0.3, -0.25) is 9.59 Å². The second kappa shape index (κ2) is 9.91. The molecule has 0 bridgehead atoms. The van der Waals surface area contributed by atoms with Gasteiger partial charge in [-0.2, -0.15) is 0 Å². The van der Waals surface area contributed by atoms with Crippen LogP contribution < -0.4 is 5.32 Å². The van der Waals surface area contributed by atoms with Gasteiger partial charge < -0.3 is 14.8 Å². The standard InChI is InChI=1S/C21H29N5O2S/c1-4-26-18(13-19(27)22-17-12-15(2)8-9-16(17)3)23-24-21(26)29-14-20(28)25-10-6-5-7-11-25/h8-9,12H,4-7,10-11,13-14H2,1-3H3,(H,22,27). The normalized spacial score (nSPS) is 14.1. The summed E-state index contributed by atoms with van der Waals surface area (Å²) in [4.78, 5) is 26.9. The van der Waals surface area contributed by atoms with Crippen molar-refractivity contribution in [3.63, 3.8) is 0 Å². The van der Waals surface area contributed by atoms with Crippen LogP contribution in [0.4, 0.5) is 5.69 Å². The van der Waals surface area contributed by atoms with Gasteiger partial charge in [0.05, 0.1) is 12.2 Å². The van der Waals surface area contributed by atoms with Gasteiger partial charge in [0, 0.05) is 25.3 Å². The largest absolute Gasteiger partial charge is 0.342 e. The van der Waals surface area contributed by atoms with Crippen LogP contribution in [0.5, 0.6) is 0 Å². The van der Waals surface area contributed by atoms with E-state index in [0.29, 0.717) is 23.3 Å². The molecule has 2 aromatic rings.